The molecule has 27 heavy (non-hydrogen) atoms. The predicted molar refractivity (Wildman–Crippen MR) is 104 cm³/mol. The number of aromatic nitrogens is 2. The number of hydrogen-bond donors (Lipinski definition) is 1. The molecule has 1 N–H and O–H groups in total. The van der Waals surface area contributed by atoms with Crippen LogP contribution in [0.25, 0.3) is 0 Å². The van der Waals surface area contributed by atoms with Gasteiger partial charge in [-0.25, -0.2) is 4.98 Å². The number of aliphatic hydroxyl groups is 1. The van der Waals surface area contributed by atoms with Gasteiger partial charge in [-0.2, -0.15) is 0 Å². The van der Waals surface area contributed by atoms with Gasteiger partial charge in [-0.05, 0) is 57.3 Å². The molecule has 1 atom stereocenters. The number of rotatable bonds is 5. The maximum Gasteiger partial charge on any atom is 0.105 e. The summed E-state index contributed by atoms with van der Waals surface area (Å²) in [6.45, 7) is 8.58. The molecule has 2 fully saturated rings. The maximum absolute atomic E-state index is 10.1. The number of likely N-dealkylation sites (tertiary alicyclic amines) is 2. The van der Waals surface area contributed by atoms with Crippen LogP contribution in [0.3, 0.4) is 0 Å². The smallest absolute Gasteiger partial charge is 0.105 e. The highest BCUT2D eigenvalue weighted by Gasteiger charge is 2.44. The summed E-state index contributed by atoms with van der Waals surface area (Å²) in [6.07, 6.45) is 9.14. The molecular formula is C21H32N4O2. The SMILES string of the molecule is Cc1ncc(CN2CCC3(CC2)CCN(Cc2ccoc2)C[C@@H]3CO)n1C. The highest BCUT2D eigenvalue weighted by atomic mass is 16.3. The van der Waals surface area contributed by atoms with Crippen molar-refractivity contribution in [2.75, 3.05) is 32.8 Å². The first kappa shape index (κ1) is 18.7. The van der Waals surface area contributed by atoms with Crippen LogP contribution in [0.15, 0.2) is 29.2 Å². The molecule has 0 bridgehead atoms. The molecule has 6 heteroatoms. The number of aryl methyl sites for hydroxylation is 1. The summed E-state index contributed by atoms with van der Waals surface area (Å²) in [5.74, 6) is 1.45. The van der Waals surface area contributed by atoms with E-state index in [1.54, 1.807) is 6.26 Å². The first-order chi connectivity index (χ1) is 13.1. The Labute approximate surface area is 161 Å². The van der Waals surface area contributed by atoms with Crippen LogP contribution in [-0.2, 0) is 20.1 Å². The predicted octanol–water partition coefficient (Wildman–Crippen LogP) is 2.42. The zero-order valence-corrected chi connectivity index (χ0v) is 16.6. The Bertz CT molecular complexity index is 731. The molecule has 6 nitrogen and oxygen atoms in total. The van der Waals surface area contributed by atoms with Gasteiger partial charge in [0.1, 0.15) is 5.82 Å². The van der Waals surface area contributed by atoms with E-state index in [0.717, 1.165) is 45.1 Å². The van der Waals surface area contributed by atoms with E-state index in [1.165, 1.54) is 30.5 Å². The fourth-order valence-corrected chi connectivity index (χ4v) is 4.96. The number of aliphatic hydroxyl groups excluding tert-OH is 1. The van der Waals surface area contributed by atoms with Crippen molar-refractivity contribution in [1.82, 2.24) is 19.4 Å². The van der Waals surface area contributed by atoms with E-state index in [9.17, 15) is 5.11 Å². The van der Waals surface area contributed by atoms with Crippen LogP contribution in [0.2, 0.25) is 0 Å². The Kier molecular flexibility index (Phi) is 5.39. The van der Waals surface area contributed by atoms with Crippen molar-refractivity contribution in [2.45, 2.75) is 39.3 Å². The van der Waals surface area contributed by atoms with Crippen LogP contribution in [-0.4, -0.2) is 57.2 Å². The molecule has 148 valence electrons. The van der Waals surface area contributed by atoms with Gasteiger partial charge >= 0.3 is 0 Å². The minimum atomic E-state index is 0.294. The van der Waals surface area contributed by atoms with Crippen molar-refractivity contribution in [3.05, 3.63) is 41.9 Å². The van der Waals surface area contributed by atoms with Gasteiger partial charge in [-0.1, -0.05) is 0 Å². The van der Waals surface area contributed by atoms with E-state index in [4.69, 9.17) is 4.42 Å². The second kappa shape index (κ2) is 7.78. The van der Waals surface area contributed by atoms with E-state index in [2.05, 4.69) is 33.3 Å². The van der Waals surface area contributed by atoms with Gasteiger partial charge in [0.15, 0.2) is 0 Å². The summed E-state index contributed by atoms with van der Waals surface area (Å²) < 4.78 is 7.39. The summed E-state index contributed by atoms with van der Waals surface area (Å²) in [5.41, 5.74) is 2.82. The van der Waals surface area contributed by atoms with Crippen molar-refractivity contribution in [3.63, 3.8) is 0 Å². The minimum Gasteiger partial charge on any atom is -0.472 e. The molecule has 2 aliphatic rings. The molecule has 2 aliphatic heterocycles. The third kappa shape index (κ3) is 3.84. The van der Waals surface area contributed by atoms with Gasteiger partial charge in [0.05, 0.1) is 18.2 Å². The number of hydrogen-bond acceptors (Lipinski definition) is 5. The highest BCUT2D eigenvalue weighted by Crippen LogP contribution is 2.45. The fraction of sp³-hybridized carbons (Fsp3) is 0.667. The Hall–Kier alpha value is -1.63. The summed E-state index contributed by atoms with van der Waals surface area (Å²) in [6, 6.07) is 2.04. The van der Waals surface area contributed by atoms with Crippen LogP contribution in [0.4, 0.5) is 0 Å². The van der Waals surface area contributed by atoms with Gasteiger partial charge in [0.25, 0.3) is 0 Å². The van der Waals surface area contributed by atoms with E-state index in [1.807, 2.05) is 18.5 Å². The second-order valence-electron chi connectivity index (χ2n) is 8.49. The van der Waals surface area contributed by atoms with E-state index >= 15 is 0 Å². The Morgan fingerprint density at radius 2 is 1.93 bits per heavy atom. The molecule has 0 aromatic carbocycles. The molecule has 4 rings (SSSR count). The molecular weight excluding hydrogens is 340 g/mol. The van der Waals surface area contributed by atoms with Gasteiger partial charge in [-0.15, -0.1) is 0 Å². The lowest BCUT2D eigenvalue weighted by Crippen LogP contribution is -2.53. The summed E-state index contributed by atoms with van der Waals surface area (Å²) in [7, 11) is 2.10. The number of piperidine rings is 2. The van der Waals surface area contributed by atoms with E-state index in [-0.39, 0.29) is 0 Å². The molecule has 0 saturated carbocycles. The first-order valence-electron chi connectivity index (χ1n) is 10.1. The highest BCUT2D eigenvalue weighted by molar-refractivity contribution is 5.07. The Balaban J connectivity index is 1.34. The summed E-state index contributed by atoms with van der Waals surface area (Å²) in [5, 5.41) is 10.1. The van der Waals surface area contributed by atoms with Crippen molar-refractivity contribution in [3.8, 4) is 0 Å². The van der Waals surface area contributed by atoms with Gasteiger partial charge < -0.3 is 14.1 Å². The zero-order chi connectivity index (χ0) is 18.9. The monoisotopic (exact) mass is 372 g/mol. The molecule has 2 saturated heterocycles. The number of nitrogens with zero attached hydrogens (tertiary/aromatic N) is 4. The lowest BCUT2D eigenvalue weighted by molar-refractivity contribution is -0.0452. The van der Waals surface area contributed by atoms with Gasteiger partial charge in [-0.3, -0.25) is 9.80 Å². The third-order valence-corrected chi connectivity index (χ3v) is 7.03. The topological polar surface area (TPSA) is 57.7 Å². The van der Waals surface area contributed by atoms with Gasteiger partial charge in [0.2, 0.25) is 0 Å². The fourth-order valence-electron chi connectivity index (χ4n) is 4.96. The average molecular weight is 373 g/mol. The van der Waals surface area contributed by atoms with Crippen molar-refractivity contribution in [1.29, 1.82) is 0 Å². The molecule has 0 unspecified atom stereocenters. The van der Waals surface area contributed by atoms with Crippen LogP contribution in [0.5, 0.6) is 0 Å². The van der Waals surface area contributed by atoms with E-state index in [0.29, 0.717) is 17.9 Å². The van der Waals surface area contributed by atoms with Crippen molar-refractivity contribution < 1.29 is 9.52 Å². The average Bonchev–Trinajstić information content (AvgIpc) is 3.30. The molecule has 0 amide bonds. The normalized spacial score (nSPS) is 23.9. The maximum atomic E-state index is 10.1. The second-order valence-corrected chi connectivity index (χ2v) is 8.49. The molecule has 2 aromatic heterocycles. The van der Waals surface area contributed by atoms with Crippen LogP contribution < -0.4 is 0 Å². The number of imidazole rings is 1. The van der Waals surface area contributed by atoms with Crippen LogP contribution in [0.1, 0.15) is 36.3 Å². The Morgan fingerprint density at radius 3 is 2.52 bits per heavy atom. The largest absolute Gasteiger partial charge is 0.472 e. The summed E-state index contributed by atoms with van der Waals surface area (Å²) >= 11 is 0. The lowest BCUT2D eigenvalue weighted by atomic mass is 9.64. The first-order valence-corrected chi connectivity index (χ1v) is 10.1. The quantitative estimate of drug-likeness (QED) is 0.874. The summed E-state index contributed by atoms with van der Waals surface area (Å²) in [4.78, 5) is 9.44. The standard InChI is InChI=1S/C21H32N4O2/c1-17-22-11-20(23(17)2)14-24-7-4-21(5-8-24)6-9-25(13-19(21)15-26)12-18-3-10-27-16-18/h3,10-11,16,19,26H,4-9,12-15H2,1-2H3/t19-/m1/s1. The molecule has 1 spiro atoms. The molecule has 0 radical (unpaired) electrons. The number of furan rings is 1. The molecule has 2 aromatic rings. The van der Waals surface area contributed by atoms with E-state index < -0.39 is 0 Å². The third-order valence-electron chi connectivity index (χ3n) is 7.03. The molecule has 4 heterocycles. The van der Waals surface area contributed by atoms with Gasteiger partial charge in [0, 0.05) is 51.0 Å². The van der Waals surface area contributed by atoms with Crippen molar-refractivity contribution in [2.24, 2.45) is 18.4 Å². The van der Waals surface area contributed by atoms with Crippen LogP contribution >= 0.6 is 0 Å². The van der Waals surface area contributed by atoms with Crippen molar-refractivity contribution >= 4 is 0 Å². The van der Waals surface area contributed by atoms with Crippen LogP contribution in [0, 0.1) is 18.3 Å². The minimum absolute atomic E-state index is 0.294. The molecule has 0 aliphatic carbocycles. The Morgan fingerprint density at radius 1 is 1.19 bits per heavy atom. The lowest BCUT2D eigenvalue weighted by Gasteiger charge is -2.51. The zero-order valence-electron chi connectivity index (χ0n) is 16.6.